The first kappa shape index (κ1) is 10.4. The highest BCUT2D eigenvalue weighted by molar-refractivity contribution is 7.71. The van der Waals surface area contributed by atoms with Crippen molar-refractivity contribution in [1.29, 1.82) is 0 Å². The number of ether oxygens (including phenoxy) is 1. The van der Waals surface area contributed by atoms with Crippen LogP contribution in [0, 0.1) is 4.77 Å². The van der Waals surface area contributed by atoms with Crippen LogP contribution in [-0.4, -0.2) is 20.4 Å². The number of aromatic nitrogens is 3. The molecular weight excluding hydrogens is 186 g/mol. The first-order valence-corrected chi connectivity index (χ1v) is 4.55. The van der Waals surface area contributed by atoms with Crippen molar-refractivity contribution in [2.45, 2.75) is 33.0 Å². The summed E-state index contributed by atoms with van der Waals surface area (Å²) in [5.41, 5.74) is -0.146. The topological polar surface area (TPSA) is 42.8 Å². The fourth-order valence-corrected chi connectivity index (χ4v) is 0.962. The van der Waals surface area contributed by atoms with Crippen LogP contribution in [0.4, 0.5) is 0 Å². The summed E-state index contributed by atoms with van der Waals surface area (Å²) in [6.07, 6.45) is 0. The second-order valence-corrected chi connectivity index (χ2v) is 4.28. The Morgan fingerprint density at radius 2 is 2.15 bits per heavy atom. The van der Waals surface area contributed by atoms with Gasteiger partial charge in [-0.1, -0.05) is 0 Å². The molecular formula is C8H15N3OS. The number of nitrogens with zero attached hydrogens (tertiary/aromatic N) is 2. The van der Waals surface area contributed by atoms with Gasteiger partial charge in [-0.15, -0.1) is 0 Å². The van der Waals surface area contributed by atoms with Crippen molar-refractivity contribution < 1.29 is 4.74 Å². The minimum atomic E-state index is -0.146. The van der Waals surface area contributed by atoms with Gasteiger partial charge in [0.25, 0.3) is 0 Å². The highest BCUT2D eigenvalue weighted by atomic mass is 32.1. The number of hydrogen-bond acceptors (Lipinski definition) is 3. The highest BCUT2D eigenvalue weighted by Gasteiger charge is 2.11. The molecule has 0 radical (unpaired) electrons. The standard InChI is InChI=1S/C8H15N3OS/c1-8(2,3)12-5-6-9-7(13)11(4)10-6/h5H2,1-4H3,(H,9,10,13). The van der Waals surface area contributed by atoms with Gasteiger partial charge in [0, 0.05) is 7.05 Å². The Labute approximate surface area is 82.9 Å². The van der Waals surface area contributed by atoms with Crippen LogP contribution in [0.2, 0.25) is 0 Å². The smallest absolute Gasteiger partial charge is 0.215 e. The minimum Gasteiger partial charge on any atom is -0.368 e. The molecule has 0 aliphatic rings. The van der Waals surface area contributed by atoms with Crippen LogP contribution in [0.25, 0.3) is 0 Å². The van der Waals surface area contributed by atoms with E-state index in [1.807, 2.05) is 27.8 Å². The van der Waals surface area contributed by atoms with E-state index in [1.54, 1.807) is 4.68 Å². The molecule has 0 saturated carbocycles. The van der Waals surface area contributed by atoms with Gasteiger partial charge in [-0.3, -0.25) is 9.78 Å². The third kappa shape index (κ3) is 3.28. The van der Waals surface area contributed by atoms with E-state index in [1.165, 1.54) is 0 Å². The summed E-state index contributed by atoms with van der Waals surface area (Å²) in [6.45, 7) is 6.48. The zero-order valence-corrected chi connectivity index (χ0v) is 9.23. The van der Waals surface area contributed by atoms with E-state index in [-0.39, 0.29) is 5.60 Å². The van der Waals surface area contributed by atoms with Crippen molar-refractivity contribution in [2.24, 2.45) is 7.05 Å². The third-order valence-electron chi connectivity index (χ3n) is 1.46. The molecule has 13 heavy (non-hydrogen) atoms. The van der Waals surface area contributed by atoms with Gasteiger partial charge >= 0.3 is 0 Å². The zero-order valence-electron chi connectivity index (χ0n) is 8.42. The lowest BCUT2D eigenvalue weighted by Gasteiger charge is -2.18. The highest BCUT2D eigenvalue weighted by Crippen LogP contribution is 2.09. The van der Waals surface area contributed by atoms with Crippen molar-refractivity contribution in [1.82, 2.24) is 14.8 Å². The molecule has 0 fully saturated rings. The summed E-state index contributed by atoms with van der Waals surface area (Å²) in [7, 11) is 1.83. The number of H-pyrrole nitrogens is 1. The molecule has 0 bridgehead atoms. The molecule has 4 nitrogen and oxygen atoms in total. The monoisotopic (exact) mass is 201 g/mol. The predicted octanol–water partition coefficient (Wildman–Crippen LogP) is 1.79. The van der Waals surface area contributed by atoms with E-state index < -0.39 is 0 Å². The first-order valence-electron chi connectivity index (χ1n) is 4.14. The molecule has 0 aliphatic carbocycles. The molecule has 1 rings (SSSR count). The normalized spacial score (nSPS) is 12.0. The number of hydrogen-bond donors (Lipinski definition) is 1. The van der Waals surface area contributed by atoms with Gasteiger partial charge in [0.1, 0.15) is 12.4 Å². The molecule has 0 atom stereocenters. The number of rotatable bonds is 2. The quantitative estimate of drug-likeness (QED) is 0.742. The fraction of sp³-hybridized carbons (Fsp3) is 0.750. The van der Waals surface area contributed by atoms with Gasteiger partial charge < -0.3 is 4.74 Å². The average molecular weight is 201 g/mol. The number of nitrogens with one attached hydrogen (secondary N) is 1. The average Bonchev–Trinajstić information content (AvgIpc) is 2.27. The maximum Gasteiger partial charge on any atom is 0.215 e. The summed E-state index contributed by atoms with van der Waals surface area (Å²) in [5, 5.41) is 2.99. The molecule has 74 valence electrons. The Morgan fingerprint density at radius 3 is 2.54 bits per heavy atom. The van der Waals surface area contributed by atoms with E-state index in [2.05, 4.69) is 10.1 Å². The van der Waals surface area contributed by atoms with E-state index in [4.69, 9.17) is 17.0 Å². The Kier molecular flexibility index (Phi) is 2.87. The maximum atomic E-state index is 5.53. The maximum absolute atomic E-state index is 5.53. The number of aryl methyl sites for hydroxylation is 1. The lowest BCUT2D eigenvalue weighted by atomic mass is 10.2. The van der Waals surface area contributed by atoms with Gasteiger partial charge in [-0.2, -0.15) is 0 Å². The molecule has 0 spiro atoms. The van der Waals surface area contributed by atoms with Gasteiger partial charge in [-0.25, -0.2) is 4.98 Å². The Morgan fingerprint density at radius 1 is 1.54 bits per heavy atom. The van der Waals surface area contributed by atoms with E-state index >= 15 is 0 Å². The van der Waals surface area contributed by atoms with Crippen LogP contribution < -0.4 is 0 Å². The minimum absolute atomic E-state index is 0.146. The summed E-state index contributed by atoms with van der Waals surface area (Å²) in [6, 6.07) is 0. The van der Waals surface area contributed by atoms with E-state index in [9.17, 15) is 0 Å². The lowest BCUT2D eigenvalue weighted by molar-refractivity contribution is -0.0181. The van der Waals surface area contributed by atoms with Crippen molar-refractivity contribution in [3.8, 4) is 0 Å². The van der Waals surface area contributed by atoms with Crippen LogP contribution in [0.3, 0.4) is 0 Å². The molecule has 1 N–H and O–H groups in total. The summed E-state index contributed by atoms with van der Waals surface area (Å²) in [4.78, 5) is 4.11. The second kappa shape index (κ2) is 3.59. The van der Waals surface area contributed by atoms with Crippen LogP contribution in [-0.2, 0) is 18.4 Å². The SMILES string of the molecule is Cn1[nH]c(COC(C)(C)C)nc1=S. The number of aromatic amines is 1. The van der Waals surface area contributed by atoms with E-state index in [0.717, 1.165) is 5.82 Å². The molecule has 5 heteroatoms. The largest absolute Gasteiger partial charge is 0.368 e. The fourth-order valence-electron chi connectivity index (χ4n) is 0.806. The molecule has 0 unspecified atom stereocenters. The van der Waals surface area contributed by atoms with Crippen LogP contribution in [0.15, 0.2) is 0 Å². The van der Waals surface area contributed by atoms with Crippen molar-refractivity contribution in [3.05, 3.63) is 10.6 Å². The zero-order chi connectivity index (χ0) is 10.1. The molecule has 0 saturated heterocycles. The van der Waals surface area contributed by atoms with Gasteiger partial charge in [0.05, 0.1) is 5.60 Å². The molecule has 1 aromatic heterocycles. The van der Waals surface area contributed by atoms with Gasteiger partial charge in [0.2, 0.25) is 4.77 Å². The molecule has 0 aromatic carbocycles. The Balaban J connectivity index is 2.61. The van der Waals surface area contributed by atoms with Crippen molar-refractivity contribution >= 4 is 12.2 Å². The molecule has 0 amide bonds. The van der Waals surface area contributed by atoms with Gasteiger partial charge in [-0.05, 0) is 33.0 Å². The van der Waals surface area contributed by atoms with Crippen LogP contribution in [0.1, 0.15) is 26.6 Å². The second-order valence-electron chi connectivity index (χ2n) is 3.91. The van der Waals surface area contributed by atoms with Gasteiger partial charge in [0.15, 0.2) is 0 Å². The third-order valence-corrected chi connectivity index (χ3v) is 1.82. The van der Waals surface area contributed by atoms with Crippen LogP contribution in [0.5, 0.6) is 0 Å². The Hall–Kier alpha value is -0.680. The summed E-state index contributed by atoms with van der Waals surface area (Å²) < 4.78 is 7.77. The van der Waals surface area contributed by atoms with E-state index in [0.29, 0.717) is 11.4 Å². The van der Waals surface area contributed by atoms with Crippen molar-refractivity contribution in [2.75, 3.05) is 0 Å². The molecule has 1 heterocycles. The predicted molar refractivity (Wildman–Crippen MR) is 52.9 cm³/mol. The lowest BCUT2D eigenvalue weighted by Crippen LogP contribution is -2.19. The summed E-state index contributed by atoms with van der Waals surface area (Å²) >= 11 is 4.95. The molecule has 1 aromatic rings. The Bertz CT molecular complexity index is 334. The summed E-state index contributed by atoms with van der Waals surface area (Å²) in [5.74, 6) is 0.766. The molecule has 0 aliphatic heterocycles. The first-order chi connectivity index (χ1) is 5.88. The van der Waals surface area contributed by atoms with Crippen LogP contribution >= 0.6 is 12.2 Å². The van der Waals surface area contributed by atoms with Crippen molar-refractivity contribution in [3.63, 3.8) is 0 Å².